The Morgan fingerprint density at radius 1 is 0.971 bits per heavy atom. The molecule has 0 fully saturated rings. The molecule has 0 bridgehead atoms. The molecule has 1 atom stereocenters. The van der Waals surface area contributed by atoms with Gasteiger partial charge in [0.2, 0.25) is 0 Å². The van der Waals surface area contributed by atoms with Crippen molar-refractivity contribution in [2.45, 2.75) is 32.9 Å². The summed E-state index contributed by atoms with van der Waals surface area (Å²) in [6.45, 7) is 4.02. The Morgan fingerprint density at radius 3 is 2.32 bits per heavy atom. The first-order valence-corrected chi connectivity index (χ1v) is 11.2. The van der Waals surface area contributed by atoms with Crippen molar-refractivity contribution >= 4 is 5.91 Å². The van der Waals surface area contributed by atoms with Crippen molar-refractivity contribution in [2.75, 3.05) is 7.11 Å². The summed E-state index contributed by atoms with van der Waals surface area (Å²) < 4.78 is 16.6. The fraction of sp³-hybridized carbons (Fsp3) is 0.214. The van der Waals surface area contributed by atoms with Gasteiger partial charge in [-0.3, -0.25) is 4.79 Å². The number of hydrogen-bond acceptors (Lipinski definition) is 5. The van der Waals surface area contributed by atoms with Crippen LogP contribution in [0.25, 0.3) is 0 Å². The third kappa shape index (κ3) is 5.46. The van der Waals surface area contributed by atoms with Crippen LogP contribution in [-0.2, 0) is 13.0 Å². The molecule has 1 aromatic heterocycles. The maximum absolute atomic E-state index is 13.2. The van der Waals surface area contributed by atoms with E-state index in [4.69, 9.17) is 14.0 Å². The van der Waals surface area contributed by atoms with Crippen LogP contribution in [0.3, 0.4) is 0 Å². The second kappa shape index (κ2) is 10.7. The van der Waals surface area contributed by atoms with Crippen LogP contribution in [0, 0.1) is 13.8 Å². The van der Waals surface area contributed by atoms with Crippen LogP contribution < -0.4 is 14.8 Å². The van der Waals surface area contributed by atoms with Crippen molar-refractivity contribution in [1.82, 2.24) is 10.5 Å². The molecule has 0 saturated heterocycles. The standard InChI is InChI=1S/C28H28N2O4/c1-19-24(20(2)34-30-19)18-33-26-15-14-23(17-27(26)32-3)28(31)29-25(22-12-8-5-9-13-22)16-21-10-6-4-7-11-21/h4-15,17,25H,16,18H2,1-3H3,(H,29,31). The van der Waals surface area contributed by atoms with Crippen LogP contribution in [0.5, 0.6) is 11.5 Å². The number of aryl methyl sites for hydroxylation is 2. The number of methoxy groups -OCH3 is 1. The minimum atomic E-state index is -0.180. The second-order valence-electron chi connectivity index (χ2n) is 8.08. The molecular formula is C28H28N2O4. The van der Waals surface area contributed by atoms with Crippen LogP contribution in [0.2, 0.25) is 0 Å². The lowest BCUT2D eigenvalue weighted by atomic mass is 9.98. The van der Waals surface area contributed by atoms with E-state index in [1.807, 2.05) is 62.4 Å². The van der Waals surface area contributed by atoms with Crippen LogP contribution in [0.15, 0.2) is 83.4 Å². The van der Waals surface area contributed by atoms with Gasteiger partial charge in [-0.25, -0.2) is 0 Å². The Morgan fingerprint density at radius 2 is 1.68 bits per heavy atom. The summed E-state index contributed by atoms with van der Waals surface area (Å²) in [4.78, 5) is 13.2. The number of aromatic nitrogens is 1. The Bertz CT molecular complexity index is 1220. The molecule has 0 aliphatic carbocycles. The molecule has 0 spiro atoms. The molecule has 0 aliphatic rings. The average molecular weight is 457 g/mol. The van der Waals surface area contributed by atoms with E-state index in [1.165, 1.54) is 0 Å². The summed E-state index contributed by atoms with van der Waals surface area (Å²) in [5.41, 5.74) is 4.38. The highest BCUT2D eigenvalue weighted by molar-refractivity contribution is 5.95. The van der Waals surface area contributed by atoms with Crippen molar-refractivity contribution in [3.8, 4) is 11.5 Å². The first-order valence-electron chi connectivity index (χ1n) is 11.2. The number of nitrogens with one attached hydrogen (secondary N) is 1. The molecule has 1 amide bonds. The molecule has 4 aromatic rings. The summed E-state index contributed by atoms with van der Waals surface area (Å²) in [7, 11) is 1.56. The smallest absolute Gasteiger partial charge is 0.251 e. The topological polar surface area (TPSA) is 73.6 Å². The monoisotopic (exact) mass is 456 g/mol. The number of benzene rings is 3. The van der Waals surface area contributed by atoms with E-state index in [-0.39, 0.29) is 11.9 Å². The number of amides is 1. The predicted octanol–water partition coefficient (Wildman–Crippen LogP) is 5.59. The van der Waals surface area contributed by atoms with Gasteiger partial charge >= 0.3 is 0 Å². The summed E-state index contributed by atoms with van der Waals surface area (Å²) in [5.74, 6) is 1.57. The lowest BCUT2D eigenvalue weighted by Gasteiger charge is -2.20. The third-order valence-electron chi connectivity index (χ3n) is 5.77. The van der Waals surface area contributed by atoms with Gasteiger partial charge in [-0.15, -0.1) is 0 Å². The largest absolute Gasteiger partial charge is 0.493 e. The molecule has 4 rings (SSSR count). The van der Waals surface area contributed by atoms with E-state index in [0.717, 1.165) is 28.1 Å². The Labute approximate surface area is 199 Å². The molecular weight excluding hydrogens is 428 g/mol. The maximum atomic E-state index is 13.2. The van der Waals surface area contributed by atoms with E-state index in [2.05, 4.69) is 22.6 Å². The SMILES string of the molecule is COc1cc(C(=O)NC(Cc2ccccc2)c2ccccc2)ccc1OCc1c(C)noc1C. The average Bonchev–Trinajstić information content (AvgIpc) is 3.20. The highest BCUT2D eigenvalue weighted by atomic mass is 16.5. The molecule has 0 aliphatic heterocycles. The number of carbonyl (C=O) groups excluding carboxylic acids is 1. The van der Waals surface area contributed by atoms with Gasteiger partial charge in [-0.1, -0.05) is 65.8 Å². The van der Waals surface area contributed by atoms with Gasteiger partial charge in [-0.2, -0.15) is 0 Å². The van der Waals surface area contributed by atoms with E-state index >= 15 is 0 Å². The number of carbonyl (C=O) groups is 1. The van der Waals surface area contributed by atoms with Crippen molar-refractivity contribution in [2.24, 2.45) is 0 Å². The van der Waals surface area contributed by atoms with Crippen LogP contribution in [-0.4, -0.2) is 18.2 Å². The van der Waals surface area contributed by atoms with Gasteiger partial charge in [-0.05, 0) is 49.6 Å². The quantitative estimate of drug-likeness (QED) is 0.355. The van der Waals surface area contributed by atoms with Crippen molar-refractivity contribution < 1.29 is 18.8 Å². The van der Waals surface area contributed by atoms with Gasteiger partial charge in [0, 0.05) is 5.56 Å². The lowest BCUT2D eigenvalue weighted by molar-refractivity contribution is 0.0936. The zero-order chi connectivity index (χ0) is 23.9. The molecule has 0 saturated carbocycles. The van der Waals surface area contributed by atoms with Crippen LogP contribution in [0.1, 0.15) is 44.5 Å². The summed E-state index contributed by atoms with van der Waals surface area (Å²) in [5, 5.41) is 7.13. The molecule has 0 radical (unpaired) electrons. The molecule has 174 valence electrons. The normalized spacial score (nSPS) is 11.6. The van der Waals surface area contributed by atoms with E-state index < -0.39 is 0 Å². The second-order valence-corrected chi connectivity index (χ2v) is 8.08. The number of nitrogens with zero attached hydrogens (tertiary/aromatic N) is 1. The van der Waals surface area contributed by atoms with Gasteiger partial charge in [0.05, 0.1) is 24.4 Å². The van der Waals surface area contributed by atoms with Gasteiger partial charge in [0.15, 0.2) is 11.5 Å². The van der Waals surface area contributed by atoms with Crippen LogP contribution >= 0.6 is 0 Å². The van der Waals surface area contributed by atoms with Crippen molar-refractivity contribution in [1.29, 1.82) is 0 Å². The fourth-order valence-electron chi connectivity index (χ4n) is 3.81. The first kappa shape index (κ1) is 23.1. The molecule has 1 heterocycles. The summed E-state index contributed by atoms with van der Waals surface area (Å²) >= 11 is 0. The highest BCUT2D eigenvalue weighted by Gasteiger charge is 2.18. The molecule has 6 nitrogen and oxygen atoms in total. The van der Waals surface area contributed by atoms with Gasteiger partial charge < -0.3 is 19.3 Å². The van der Waals surface area contributed by atoms with Crippen LogP contribution in [0.4, 0.5) is 0 Å². The summed E-state index contributed by atoms with van der Waals surface area (Å²) in [6, 6.07) is 25.1. The summed E-state index contributed by atoms with van der Waals surface area (Å²) in [6.07, 6.45) is 0.687. The minimum absolute atomic E-state index is 0.169. The van der Waals surface area contributed by atoms with Crippen molar-refractivity contribution in [3.05, 3.63) is 113 Å². The van der Waals surface area contributed by atoms with E-state index in [9.17, 15) is 4.79 Å². The highest BCUT2D eigenvalue weighted by Crippen LogP contribution is 2.30. The zero-order valence-electron chi connectivity index (χ0n) is 19.6. The number of hydrogen-bond donors (Lipinski definition) is 1. The Hall–Kier alpha value is -4.06. The predicted molar refractivity (Wildman–Crippen MR) is 130 cm³/mol. The number of rotatable bonds is 9. The lowest BCUT2D eigenvalue weighted by Crippen LogP contribution is -2.30. The minimum Gasteiger partial charge on any atom is -0.493 e. The van der Waals surface area contributed by atoms with E-state index in [1.54, 1.807) is 25.3 Å². The van der Waals surface area contributed by atoms with Crippen molar-refractivity contribution in [3.63, 3.8) is 0 Å². The maximum Gasteiger partial charge on any atom is 0.251 e. The Balaban J connectivity index is 1.51. The molecule has 3 aromatic carbocycles. The van der Waals surface area contributed by atoms with Gasteiger partial charge in [0.1, 0.15) is 12.4 Å². The fourth-order valence-corrected chi connectivity index (χ4v) is 3.81. The van der Waals surface area contributed by atoms with Gasteiger partial charge in [0.25, 0.3) is 5.91 Å². The first-order chi connectivity index (χ1) is 16.5. The number of ether oxygens (including phenoxy) is 2. The van der Waals surface area contributed by atoms with E-state index in [0.29, 0.717) is 30.1 Å². The molecule has 1 unspecified atom stereocenters. The zero-order valence-corrected chi connectivity index (χ0v) is 19.6. The molecule has 34 heavy (non-hydrogen) atoms. The molecule has 6 heteroatoms. The Kier molecular flexibility index (Phi) is 7.28. The molecule has 1 N–H and O–H groups in total. The third-order valence-corrected chi connectivity index (χ3v) is 5.77.